The van der Waals surface area contributed by atoms with Crippen LogP contribution >= 0.6 is 12.2 Å². The second-order valence-electron chi connectivity index (χ2n) is 7.33. The number of hydrogen-bond donors (Lipinski definition) is 2. The maximum Gasteiger partial charge on any atom is 0.433 e. The van der Waals surface area contributed by atoms with Gasteiger partial charge in [-0.25, -0.2) is 4.98 Å². The number of nitrogens with zero attached hydrogens (tertiary/aromatic N) is 3. The Kier molecular flexibility index (Phi) is 6.30. The molecule has 0 unspecified atom stereocenters. The molecule has 1 fully saturated rings. The van der Waals surface area contributed by atoms with Crippen LogP contribution in [0.5, 0.6) is 11.5 Å². The molecule has 2 aliphatic heterocycles. The van der Waals surface area contributed by atoms with Crippen LogP contribution in [-0.4, -0.2) is 35.0 Å². The van der Waals surface area contributed by atoms with Gasteiger partial charge in [-0.1, -0.05) is 18.9 Å². The Bertz CT molecular complexity index is 949. The summed E-state index contributed by atoms with van der Waals surface area (Å²) < 4.78 is 50.8. The van der Waals surface area contributed by atoms with Gasteiger partial charge in [0.25, 0.3) is 0 Å². The highest BCUT2D eigenvalue weighted by atomic mass is 32.1. The third kappa shape index (κ3) is 5.46. The smallest absolute Gasteiger partial charge is 0.433 e. The van der Waals surface area contributed by atoms with Crippen LogP contribution in [0, 0.1) is 0 Å². The molecular weight excluding hydrogens is 431 g/mol. The van der Waals surface area contributed by atoms with E-state index in [9.17, 15) is 13.2 Å². The Morgan fingerprint density at radius 3 is 2.52 bits per heavy atom. The van der Waals surface area contributed by atoms with Crippen molar-refractivity contribution >= 4 is 29.1 Å². The van der Waals surface area contributed by atoms with Crippen LogP contribution < -0.4 is 25.0 Å². The second kappa shape index (κ2) is 9.13. The van der Waals surface area contributed by atoms with Gasteiger partial charge in [-0.2, -0.15) is 18.2 Å². The van der Waals surface area contributed by atoms with Gasteiger partial charge in [-0.3, -0.25) is 0 Å². The van der Waals surface area contributed by atoms with E-state index in [0.29, 0.717) is 31.1 Å². The van der Waals surface area contributed by atoms with Crippen molar-refractivity contribution in [3.05, 3.63) is 35.5 Å². The summed E-state index contributed by atoms with van der Waals surface area (Å²) in [5.41, 5.74) is -0.119. The lowest BCUT2D eigenvalue weighted by molar-refractivity contribution is -0.141. The van der Waals surface area contributed by atoms with E-state index in [-0.39, 0.29) is 23.7 Å². The van der Waals surface area contributed by atoms with Crippen LogP contribution in [0.3, 0.4) is 0 Å². The van der Waals surface area contributed by atoms with Gasteiger partial charge in [0, 0.05) is 25.7 Å². The van der Waals surface area contributed by atoms with Crippen LogP contribution in [0.4, 0.5) is 24.9 Å². The molecule has 3 heterocycles. The van der Waals surface area contributed by atoms with Gasteiger partial charge in [0.15, 0.2) is 22.3 Å². The monoisotopic (exact) mass is 453 g/mol. The van der Waals surface area contributed by atoms with Crippen molar-refractivity contribution in [2.24, 2.45) is 0 Å². The van der Waals surface area contributed by atoms with Gasteiger partial charge in [-0.15, -0.1) is 0 Å². The first-order chi connectivity index (χ1) is 14.9. The fourth-order valence-electron chi connectivity index (χ4n) is 3.48. The first kappa shape index (κ1) is 21.4. The largest absolute Gasteiger partial charge is 0.454 e. The normalized spacial score (nSPS) is 16.0. The first-order valence-electron chi connectivity index (χ1n) is 10.0. The molecule has 0 saturated carbocycles. The quantitative estimate of drug-likeness (QED) is 0.671. The second-order valence-corrected chi connectivity index (χ2v) is 7.74. The molecule has 2 N–H and O–H groups in total. The van der Waals surface area contributed by atoms with E-state index in [1.165, 1.54) is 0 Å². The molecule has 0 atom stereocenters. The van der Waals surface area contributed by atoms with E-state index in [1.807, 2.05) is 17.0 Å². The SMILES string of the molecule is FC(F)(F)c1cc(N2CCCCCC2)nc(NC(=S)NCc2ccc3c(c2)OCO3)n1. The van der Waals surface area contributed by atoms with E-state index < -0.39 is 11.9 Å². The molecular formula is C20H22F3N5O2S. The van der Waals surface area contributed by atoms with Gasteiger partial charge in [0.05, 0.1) is 0 Å². The fourth-order valence-corrected chi connectivity index (χ4v) is 3.64. The third-order valence-electron chi connectivity index (χ3n) is 5.05. The molecule has 166 valence electrons. The molecule has 1 aromatic carbocycles. The summed E-state index contributed by atoms with van der Waals surface area (Å²) in [6.45, 7) is 1.86. The Labute approximate surface area is 183 Å². The van der Waals surface area contributed by atoms with Crippen molar-refractivity contribution in [1.29, 1.82) is 0 Å². The zero-order valence-electron chi connectivity index (χ0n) is 16.7. The zero-order chi connectivity index (χ0) is 21.8. The number of nitrogens with one attached hydrogen (secondary N) is 2. The molecule has 4 rings (SSSR count). The van der Waals surface area contributed by atoms with Gasteiger partial charge in [0.1, 0.15) is 5.82 Å². The predicted molar refractivity (Wildman–Crippen MR) is 113 cm³/mol. The molecule has 2 aromatic rings. The van der Waals surface area contributed by atoms with Crippen molar-refractivity contribution < 1.29 is 22.6 Å². The number of rotatable bonds is 4. The maximum absolute atomic E-state index is 13.4. The summed E-state index contributed by atoms with van der Waals surface area (Å²) in [7, 11) is 0. The lowest BCUT2D eigenvalue weighted by atomic mass is 10.2. The summed E-state index contributed by atoms with van der Waals surface area (Å²) in [5.74, 6) is 1.38. The number of fused-ring (bicyclic) bond motifs is 1. The van der Waals surface area contributed by atoms with Gasteiger partial charge < -0.3 is 25.0 Å². The summed E-state index contributed by atoms with van der Waals surface area (Å²) in [6.07, 6.45) is -0.617. The molecule has 2 aliphatic rings. The van der Waals surface area contributed by atoms with Crippen LogP contribution in [0.2, 0.25) is 0 Å². The van der Waals surface area contributed by atoms with Gasteiger partial charge in [-0.05, 0) is 42.8 Å². The van der Waals surface area contributed by atoms with Crippen LogP contribution in [0.1, 0.15) is 36.9 Å². The third-order valence-corrected chi connectivity index (χ3v) is 5.29. The number of anilines is 2. The predicted octanol–water partition coefficient (Wildman–Crippen LogP) is 4.09. The minimum absolute atomic E-state index is 0.124. The van der Waals surface area contributed by atoms with Gasteiger partial charge >= 0.3 is 6.18 Å². The number of benzene rings is 1. The molecule has 0 radical (unpaired) electrons. The minimum atomic E-state index is -4.58. The number of hydrogen-bond acceptors (Lipinski definition) is 6. The average molecular weight is 453 g/mol. The fraction of sp³-hybridized carbons (Fsp3) is 0.450. The van der Waals surface area contributed by atoms with Crippen LogP contribution in [0.25, 0.3) is 0 Å². The van der Waals surface area contributed by atoms with E-state index >= 15 is 0 Å². The molecule has 0 aliphatic carbocycles. The van der Waals surface area contributed by atoms with Crippen molar-refractivity contribution in [3.8, 4) is 11.5 Å². The molecule has 0 bridgehead atoms. The average Bonchev–Trinajstić information content (AvgIpc) is 3.03. The van der Waals surface area contributed by atoms with E-state index in [2.05, 4.69) is 20.6 Å². The number of ether oxygens (including phenoxy) is 2. The molecule has 1 aromatic heterocycles. The summed E-state index contributed by atoms with van der Waals surface area (Å²) in [4.78, 5) is 9.79. The van der Waals surface area contributed by atoms with Crippen LogP contribution in [0.15, 0.2) is 24.3 Å². The Hall–Kier alpha value is -2.82. The maximum atomic E-state index is 13.4. The highest BCUT2D eigenvalue weighted by Crippen LogP contribution is 2.33. The highest BCUT2D eigenvalue weighted by Gasteiger charge is 2.34. The molecule has 0 spiro atoms. The Balaban J connectivity index is 1.45. The summed E-state index contributed by atoms with van der Waals surface area (Å²) in [5, 5.41) is 5.77. The molecule has 0 amide bonds. The van der Waals surface area contributed by atoms with Crippen molar-refractivity contribution in [2.45, 2.75) is 38.4 Å². The standard InChI is InChI=1S/C20H22F3N5O2S/c21-20(22,23)16-10-17(28-7-3-1-2-4-8-28)26-18(25-16)27-19(31)24-11-13-5-6-14-15(9-13)30-12-29-14/h5-6,9-10H,1-4,7-8,11-12H2,(H2,24,25,26,27,31). The highest BCUT2D eigenvalue weighted by molar-refractivity contribution is 7.80. The van der Waals surface area contributed by atoms with E-state index in [0.717, 1.165) is 37.3 Å². The number of aromatic nitrogens is 2. The number of alkyl halides is 3. The zero-order valence-corrected chi connectivity index (χ0v) is 17.5. The Morgan fingerprint density at radius 1 is 1.03 bits per heavy atom. The minimum Gasteiger partial charge on any atom is -0.454 e. The van der Waals surface area contributed by atoms with Crippen LogP contribution in [-0.2, 0) is 12.7 Å². The van der Waals surface area contributed by atoms with Gasteiger partial charge in [0.2, 0.25) is 12.7 Å². The number of halogens is 3. The molecule has 1 saturated heterocycles. The van der Waals surface area contributed by atoms with Crippen molar-refractivity contribution in [2.75, 3.05) is 30.1 Å². The van der Waals surface area contributed by atoms with E-state index in [1.54, 1.807) is 6.07 Å². The van der Waals surface area contributed by atoms with E-state index in [4.69, 9.17) is 21.7 Å². The topological polar surface area (TPSA) is 71.5 Å². The molecule has 11 heteroatoms. The number of thiocarbonyl (C=S) groups is 1. The van der Waals surface area contributed by atoms with Crippen molar-refractivity contribution in [1.82, 2.24) is 15.3 Å². The Morgan fingerprint density at radius 2 is 1.77 bits per heavy atom. The summed E-state index contributed by atoms with van der Waals surface area (Å²) in [6, 6.07) is 6.45. The van der Waals surface area contributed by atoms with Crippen molar-refractivity contribution in [3.63, 3.8) is 0 Å². The molecule has 31 heavy (non-hydrogen) atoms. The summed E-state index contributed by atoms with van der Waals surface area (Å²) >= 11 is 5.24. The molecule has 7 nitrogen and oxygen atoms in total. The lowest BCUT2D eigenvalue weighted by Crippen LogP contribution is -2.30. The lowest BCUT2D eigenvalue weighted by Gasteiger charge is -2.23. The first-order valence-corrected chi connectivity index (χ1v) is 10.4.